The quantitative estimate of drug-likeness (QED) is 0.749. The van der Waals surface area contributed by atoms with Gasteiger partial charge in [0.05, 0.1) is 22.1 Å². The van der Waals surface area contributed by atoms with Gasteiger partial charge in [-0.1, -0.05) is 41.4 Å². The van der Waals surface area contributed by atoms with Gasteiger partial charge in [0.1, 0.15) is 0 Å². The molecule has 0 spiro atoms. The number of nitrogens with zero attached hydrogens (tertiary/aromatic N) is 2. The summed E-state index contributed by atoms with van der Waals surface area (Å²) in [4.78, 5) is 4.04. The van der Waals surface area contributed by atoms with Gasteiger partial charge in [-0.15, -0.1) is 0 Å². The first-order valence-corrected chi connectivity index (χ1v) is 7.25. The Hall–Kier alpha value is -1.97. The van der Waals surface area contributed by atoms with Crippen LogP contribution in [-0.2, 0) is 6.54 Å². The minimum Gasteiger partial charge on any atom is -0.380 e. The summed E-state index contributed by atoms with van der Waals surface area (Å²) in [5.41, 5.74) is 3.08. The first-order chi connectivity index (χ1) is 10.2. The van der Waals surface area contributed by atoms with Crippen LogP contribution in [0.4, 0.5) is 5.69 Å². The number of imidazole rings is 1. The maximum Gasteiger partial charge on any atom is 0.0991 e. The zero-order chi connectivity index (χ0) is 14.7. The highest BCUT2D eigenvalue weighted by Crippen LogP contribution is 2.29. The van der Waals surface area contributed by atoms with Crippen LogP contribution in [0.5, 0.6) is 0 Å². The Morgan fingerprint density at radius 2 is 1.86 bits per heavy atom. The summed E-state index contributed by atoms with van der Waals surface area (Å²) in [6, 6.07) is 13.8. The van der Waals surface area contributed by atoms with Crippen molar-refractivity contribution in [2.24, 2.45) is 0 Å². The molecule has 0 amide bonds. The van der Waals surface area contributed by atoms with Crippen LogP contribution >= 0.6 is 23.2 Å². The third-order valence-corrected chi connectivity index (χ3v) is 3.99. The lowest BCUT2D eigenvalue weighted by Crippen LogP contribution is -2.00. The molecule has 106 valence electrons. The molecule has 3 aromatic rings. The SMILES string of the molecule is Clc1cccc(NCc2ccc(-n3ccnc3)cc2)c1Cl. The van der Waals surface area contributed by atoms with E-state index in [1.165, 1.54) is 0 Å². The molecule has 1 heterocycles. The number of anilines is 1. The van der Waals surface area contributed by atoms with Crippen molar-refractivity contribution >= 4 is 28.9 Å². The van der Waals surface area contributed by atoms with E-state index in [4.69, 9.17) is 23.2 Å². The van der Waals surface area contributed by atoms with Gasteiger partial charge in [-0.3, -0.25) is 0 Å². The van der Waals surface area contributed by atoms with Crippen molar-refractivity contribution < 1.29 is 0 Å². The molecule has 0 fully saturated rings. The van der Waals surface area contributed by atoms with Crippen LogP contribution in [-0.4, -0.2) is 9.55 Å². The molecule has 2 aromatic carbocycles. The van der Waals surface area contributed by atoms with Crippen LogP contribution in [0.15, 0.2) is 61.2 Å². The normalized spacial score (nSPS) is 10.6. The summed E-state index contributed by atoms with van der Waals surface area (Å²) >= 11 is 12.1. The third-order valence-electron chi connectivity index (χ3n) is 3.17. The lowest BCUT2D eigenvalue weighted by atomic mass is 10.2. The van der Waals surface area contributed by atoms with Crippen LogP contribution in [0.2, 0.25) is 10.0 Å². The smallest absolute Gasteiger partial charge is 0.0991 e. The molecule has 0 aliphatic rings. The molecular formula is C16H13Cl2N3. The number of rotatable bonds is 4. The Labute approximate surface area is 133 Å². The Bertz CT molecular complexity index is 722. The number of benzene rings is 2. The minimum absolute atomic E-state index is 0.550. The predicted octanol–water partition coefficient (Wildman–Crippen LogP) is 4.79. The van der Waals surface area contributed by atoms with Gasteiger partial charge in [-0.2, -0.15) is 0 Å². The zero-order valence-electron chi connectivity index (χ0n) is 11.1. The molecule has 0 atom stereocenters. The van der Waals surface area contributed by atoms with Gasteiger partial charge in [-0.25, -0.2) is 4.98 Å². The molecule has 1 aromatic heterocycles. The fourth-order valence-electron chi connectivity index (χ4n) is 2.04. The van der Waals surface area contributed by atoms with Gasteiger partial charge in [0.15, 0.2) is 0 Å². The number of hydrogen-bond acceptors (Lipinski definition) is 2. The fourth-order valence-corrected chi connectivity index (χ4v) is 2.40. The topological polar surface area (TPSA) is 29.9 Å². The van der Waals surface area contributed by atoms with Crippen LogP contribution < -0.4 is 5.32 Å². The molecule has 0 radical (unpaired) electrons. The first kappa shape index (κ1) is 14.0. The van der Waals surface area contributed by atoms with Crippen LogP contribution in [0.25, 0.3) is 5.69 Å². The van der Waals surface area contributed by atoms with Crippen molar-refractivity contribution in [2.45, 2.75) is 6.54 Å². The summed E-state index contributed by atoms with van der Waals surface area (Å²) in [6.07, 6.45) is 5.45. The molecule has 21 heavy (non-hydrogen) atoms. The number of halogens is 2. The summed E-state index contributed by atoms with van der Waals surface area (Å²) in [5, 5.41) is 4.39. The van der Waals surface area contributed by atoms with Gasteiger partial charge in [0.2, 0.25) is 0 Å². The van der Waals surface area contributed by atoms with Crippen molar-refractivity contribution in [1.82, 2.24) is 9.55 Å². The Morgan fingerprint density at radius 3 is 2.57 bits per heavy atom. The van der Waals surface area contributed by atoms with E-state index in [-0.39, 0.29) is 0 Å². The van der Waals surface area contributed by atoms with E-state index in [0.717, 1.165) is 16.9 Å². The third kappa shape index (κ3) is 3.20. The second-order valence-electron chi connectivity index (χ2n) is 4.59. The molecule has 5 heteroatoms. The standard InChI is InChI=1S/C16H13Cl2N3/c17-14-2-1-3-15(16(14)18)20-10-12-4-6-13(7-5-12)21-9-8-19-11-21/h1-9,11,20H,10H2. The number of aromatic nitrogens is 2. The number of nitrogens with one attached hydrogen (secondary N) is 1. The van der Waals surface area contributed by atoms with E-state index >= 15 is 0 Å². The van der Waals surface area contributed by atoms with Gasteiger partial charge in [0.25, 0.3) is 0 Å². The second kappa shape index (κ2) is 6.20. The monoisotopic (exact) mass is 317 g/mol. The molecule has 0 unspecified atom stereocenters. The van der Waals surface area contributed by atoms with Gasteiger partial charge in [-0.05, 0) is 29.8 Å². The van der Waals surface area contributed by atoms with Crippen LogP contribution in [0.1, 0.15) is 5.56 Å². The first-order valence-electron chi connectivity index (χ1n) is 6.49. The van der Waals surface area contributed by atoms with Crippen molar-refractivity contribution in [3.8, 4) is 5.69 Å². The maximum absolute atomic E-state index is 6.15. The lowest BCUT2D eigenvalue weighted by Gasteiger charge is -2.10. The zero-order valence-corrected chi connectivity index (χ0v) is 12.6. The molecular weight excluding hydrogens is 305 g/mol. The van der Waals surface area contributed by atoms with E-state index in [1.807, 2.05) is 22.9 Å². The van der Waals surface area contributed by atoms with Crippen molar-refractivity contribution in [3.63, 3.8) is 0 Å². The summed E-state index contributed by atoms with van der Waals surface area (Å²) < 4.78 is 1.96. The molecule has 0 saturated heterocycles. The fraction of sp³-hybridized carbons (Fsp3) is 0.0625. The van der Waals surface area contributed by atoms with Crippen molar-refractivity contribution in [1.29, 1.82) is 0 Å². The highest BCUT2D eigenvalue weighted by atomic mass is 35.5. The molecule has 0 bridgehead atoms. The van der Waals surface area contributed by atoms with E-state index < -0.39 is 0 Å². The van der Waals surface area contributed by atoms with Gasteiger partial charge < -0.3 is 9.88 Å². The molecule has 3 nitrogen and oxygen atoms in total. The Kier molecular flexibility index (Phi) is 4.13. The predicted molar refractivity (Wildman–Crippen MR) is 87.4 cm³/mol. The molecule has 0 saturated carbocycles. The molecule has 1 N–H and O–H groups in total. The molecule has 0 aliphatic heterocycles. The minimum atomic E-state index is 0.550. The van der Waals surface area contributed by atoms with Gasteiger partial charge >= 0.3 is 0 Å². The summed E-state index contributed by atoms with van der Waals surface area (Å²) in [5.74, 6) is 0. The van der Waals surface area contributed by atoms with Crippen LogP contribution in [0, 0.1) is 0 Å². The van der Waals surface area contributed by atoms with Crippen molar-refractivity contribution in [2.75, 3.05) is 5.32 Å². The van der Waals surface area contributed by atoms with E-state index in [1.54, 1.807) is 18.6 Å². The summed E-state index contributed by atoms with van der Waals surface area (Å²) in [6.45, 7) is 0.685. The summed E-state index contributed by atoms with van der Waals surface area (Å²) in [7, 11) is 0. The average Bonchev–Trinajstić information content (AvgIpc) is 3.04. The van der Waals surface area contributed by atoms with Crippen molar-refractivity contribution in [3.05, 3.63) is 76.8 Å². The van der Waals surface area contributed by atoms with E-state index in [9.17, 15) is 0 Å². The maximum atomic E-state index is 6.15. The average molecular weight is 318 g/mol. The second-order valence-corrected chi connectivity index (χ2v) is 5.38. The lowest BCUT2D eigenvalue weighted by molar-refractivity contribution is 1.05. The van der Waals surface area contributed by atoms with Crippen LogP contribution in [0.3, 0.4) is 0 Å². The molecule has 0 aliphatic carbocycles. The van der Waals surface area contributed by atoms with Gasteiger partial charge in [0, 0.05) is 24.6 Å². The van der Waals surface area contributed by atoms with E-state index in [2.05, 4.69) is 34.6 Å². The molecule has 3 rings (SSSR count). The van der Waals surface area contributed by atoms with E-state index in [0.29, 0.717) is 16.6 Å². The number of hydrogen-bond donors (Lipinski definition) is 1. The Morgan fingerprint density at radius 1 is 1.05 bits per heavy atom. The highest BCUT2D eigenvalue weighted by molar-refractivity contribution is 6.43. The largest absolute Gasteiger partial charge is 0.380 e. The highest BCUT2D eigenvalue weighted by Gasteiger charge is 2.04. The Balaban J connectivity index is 1.70.